The summed E-state index contributed by atoms with van der Waals surface area (Å²) in [7, 11) is 2.11. The third-order valence-electron chi connectivity index (χ3n) is 4.33. The Bertz CT molecular complexity index is 441. The van der Waals surface area contributed by atoms with E-state index in [9.17, 15) is 5.11 Å². The van der Waals surface area contributed by atoms with Crippen molar-refractivity contribution in [3.05, 3.63) is 35.4 Å². The topological polar surface area (TPSA) is 47.3 Å². The van der Waals surface area contributed by atoms with Crippen LogP contribution in [0.1, 0.15) is 55.8 Å². The van der Waals surface area contributed by atoms with Gasteiger partial charge in [0, 0.05) is 12.6 Å². The summed E-state index contributed by atoms with van der Waals surface area (Å²) in [6.07, 6.45) is 7.33. The first-order valence-corrected chi connectivity index (χ1v) is 7.59. The molecule has 3 nitrogen and oxygen atoms in total. The van der Waals surface area contributed by atoms with E-state index in [-0.39, 0.29) is 0 Å². The minimum atomic E-state index is -0.476. The molecule has 1 saturated carbocycles. The number of aliphatic hydroxyl groups is 1. The third-order valence-corrected chi connectivity index (χ3v) is 4.33. The molecule has 0 heterocycles. The van der Waals surface area contributed by atoms with Crippen molar-refractivity contribution in [3.63, 3.8) is 0 Å². The lowest BCUT2D eigenvalue weighted by Gasteiger charge is -2.29. The minimum Gasteiger partial charge on any atom is -0.387 e. The molecular weight excluding hydrogens is 248 g/mol. The summed E-state index contributed by atoms with van der Waals surface area (Å²) in [5.74, 6) is 0. The normalized spacial score (nSPS) is 18.5. The first-order chi connectivity index (χ1) is 9.70. The molecule has 1 atom stereocenters. The average Bonchev–Trinajstić information content (AvgIpc) is 2.76. The Morgan fingerprint density at radius 3 is 2.35 bits per heavy atom. The van der Waals surface area contributed by atoms with Crippen LogP contribution in [0.15, 0.2) is 24.3 Å². The average molecular weight is 272 g/mol. The van der Waals surface area contributed by atoms with Gasteiger partial charge < -0.3 is 10.0 Å². The van der Waals surface area contributed by atoms with E-state index in [4.69, 9.17) is 5.26 Å². The Balaban J connectivity index is 1.92. The van der Waals surface area contributed by atoms with Crippen LogP contribution in [0.25, 0.3) is 0 Å². The van der Waals surface area contributed by atoms with Crippen LogP contribution in [0.4, 0.5) is 0 Å². The standard InChI is InChI=1S/C17H24N2O/c1-19(16-6-4-2-3-5-7-16)13-17(20)15-10-8-14(12-18)9-11-15/h8-11,16-17,20H,2-7,13H2,1H3. The van der Waals surface area contributed by atoms with E-state index < -0.39 is 6.10 Å². The maximum atomic E-state index is 10.3. The number of nitriles is 1. The maximum absolute atomic E-state index is 10.3. The second kappa shape index (κ2) is 7.42. The number of hydrogen-bond donors (Lipinski definition) is 1. The molecule has 1 aromatic carbocycles. The summed E-state index contributed by atoms with van der Waals surface area (Å²) in [5.41, 5.74) is 1.53. The molecule has 0 aliphatic heterocycles. The molecule has 0 aromatic heterocycles. The van der Waals surface area contributed by atoms with Crippen molar-refractivity contribution in [2.45, 2.75) is 50.7 Å². The van der Waals surface area contributed by atoms with Gasteiger partial charge in [-0.15, -0.1) is 0 Å². The Kier molecular flexibility index (Phi) is 5.58. The molecule has 108 valence electrons. The van der Waals surface area contributed by atoms with Gasteiger partial charge in [-0.1, -0.05) is 37.8 Å². The van der Waals surface area contributed by atoms with Crippen molar-refractivity contribution in [2.24, 2.45) is 0 Å². The second-order valence-electron chi connectivity index (χ2n) is 5.83. The molecule has 0 saturated heterocycles. The maximum Gasteiger partial charge on any atom is 0.0991 e. The van der Waals surface area contributed by atoms with Crippen LogP contribution >= 0.6 is 0 Å². The van der Waals surface area contributed by atoms with E-state index in [0.29, 0.717) is 18.2 Å². The molecule has 20 heavy (non-hydrogen) atoms. The van der Waals surface area contributed by atoms with Crippen LogP contribution in [0.3, 0.4) is 0 Å². The van der Waals surface area contributed by atoms with Gasteiger partial charge in [-0.05, 0) is 37.6 Å². The van der Waals surface area contributed by atoms with Crippen molar-refractivity contribution >= 4 is 0 Å². The van der Waals surface area contributed by atoms with Crippen LogP contribution in [0.2, 0.25) is 0 Å². The molecule has 2 rings (SSSR count). The zero-order valence-electron chi connectivity index (χ0n) is 12.3. The number of rotatable bonds is 4. The third kappa shape index (κ3) is 4.06. The summed E-state index contributed by atoms with van der Waals surface area (Å²) in [6, 6.07) is 9.94. The lowest BCUT2D eigenvalue weighted by atomic mass is 10.0. The molecular formula is C17H24N2O. The quantitative estimate of drug-likeness (QED) is 0.856. The van der Waals surface area contributed by atoms with Gasteiger partial charge in [-0.2, -0.15) is 5.26 Å². The summed E-state index contributed by atoms with van der Waals surface area (Å²) >= 11 is 0. The van der Waals surface area contributed by atoms with Gasteiger partial charge in [0.15, 0.2) is 0 Å². The molecule has 0 amide bonds. The van der Waals surface area contributed by atoms with E-state index in [1.54, 1.807) is 12.1 Å². The minimum absolute atomic E-state index is 0.476. The highest BCUT2D eigenvalue weighted by Gasteiger charge is 2.19. The SMILES string of the molecule is CN(CC(O)c1ccc(C#N)cc1)C1CCCCCC1. The van der Waals surface area contributed by atoms with Gasteiger partial charge in [-0.25, -0.2) is 0 Å². The molecule has 1 aliphatic rings. The van der Waals surface area contributed by atoms with Gasteiger partial charge in [-0.3, -0.25) is 0 Å². The van der Waals surface area contributed by atoms with Crippen LogP contribution in [0.5, 0.6) is 0 Å². The Hall–Kier alpha value is -1.37. The fourth-order valence-corrected chi connectivity index (χ4v) is 3.01. The van der Waals surface area contributed by atoms with E-state index in [1.807, 2.05) is 12.1 Å². The van der Waals surface area contributed by atoms with Crippen LogP contribution < -0.4 is 0 Å². The predicted molar refractivity (Wildman–Crippen MR) is 80.2 cm³/mol. The van der Waals surface area contributed by atoms with E-state index in [1.165, 1.54) is 38.5 Å². The number of likely N-dealkylation sites (N-methyl/N-ethyl adjacent to an activating group) is 1. The summed E-state index contributed by atoms with van der Waals surface area (Å²) in [6.45, 7) is 0.663. The number of nitrogens with zero attached hydrogens (tertiary/aromatic N) is 2. The van der Waals surface area contributed by atoms with Gasteiger partial charge >= 0.3 is 0 Å². The van der Waals surface area contributed by atoms with Crippen LogP contribution in [-0.4, -0.2) is 29.6 Å². The highest BCUT2D eigenvalue weighted by Crippen LogP contribution is 2.23. The highest BCUT2D eigenvalue weighted by atomic mass is 16.3. The second-order valence-corrected chi connectivity index (χ2v) is 5.83. The monoisotopic (exact) mass is 272 g/mol. The molecule has 0 spiro atoms. The fraction of sp³-hybridized carbons (Fsp3) is 0.588. The number of hydrogen-bond acceptors (Lipinski definition) is 3. The Labute approximate surface area is 121 Å². The van der Waals surface area contributed by atoms with Crippen molar-refractivity contribution in [1.29, 1.82) is 5.26 Å². The molecule has 1 unspecified atom stereocenters. The number of aliphatic hydroxyl groups excluding tert-OH is 1. The Morgan fingerprint density at radius 1 is 1.20 bits per heavy atom. The summed E-state index contributed by atoms with van der Waals surface area (Å²) in [5, 5.41) is 19.1. The van der Waals surface area contributed by atoms with Gasteiger partial charge in [0.2, 0.25) is 0 Å². The van der Waals surface area contributed by atoms with Crippen molar-refractivity contribution < 1.29 is 5.11 Å². The predicted octanol–water partition coefficient (Wildman–Crippen LogP) is 3.25. The smallest absolute Gasteiger partial charge is 0.0991 e. The number of benzene rings is 1. The lowest BCUT2D eigenvalue weighted by molar-refractivity contribution is 0.0990. The molecule has 1 aliphatic carbocycles. The Morgan fingerprint density at radius 2 is 1.80 bits per heavy atom. The first-order valence-electron chi connectivity index (χ1n) is 7.59. The molecule has 1 N–H and O–H groups in total. The van der Waals surface area contributed by atoms with E-state index in [0.717, 1.165) is 5.56 Å². The van der Waals surface area contributed by atoms with Gasteiger partial charge in [0.25, 0.3) is 0 Å². The van der Waals surface area contributed by atoms with E-state index >= 15 is 0 Å². The fourth-order valence-electron chi connectivity index (χ4n) is 3.01. The largest absolute Gasteiger partial charge is 0.387 e. The van der Waals surface area contributed by atoms with Crippen LogP contribution in [0, 0.1) is 11.3 Å². The van der Waals surface area contributed by atoms with Crippen molar-refractivity contribution in [2.75, 3.05) is 13.6 Å². The molecule has 3 heteroatoms. The molecule has 1 aromatic rings. The molecule has 0 radical (unpaired) electrons. The van der Waals surface area contributed by atoms with Gasteiger partial charge in [0.1, 0.15) is 0 Å². The van der Waals surface area contributed by atoms with Crippen molar-refractivity contribution in [1.82, 2.24) is 4.90 Å². The lowest BCUT2D eigenvalue weighted by Crippen LogP contribution is -2.34. The van der Waals surface area contributed by atoms with E-state index in [2.05, 4.69) is 18.0 Å². The van der Waals surface area contributed by atoms with Crippen molar-refractivity contribution in [3.8, 4) is 6.07 Å². The summed E-state index contributed by atoms with van der Waals surface area (Å²) < 4.78 is 0. The zero-order chi connectivity index (χ0) is 14.4. The highest BCUT2D eigenvalue weighted by molar-refractivity contribution is 5.32. The molecule has 1 fully saturated rings. The molecule has 0 bridgehead atoms. The summed E-state index contributed by atoms with van der Waals surface area (Å²) in [4.78, 5) is 2.30. The zero-order valence-corrected chi connectivity index (χ0v) is 12.3. The first kappa shape index (κ1) is 15.0. The van der Waals surface area contributed by atoms with Crippen LogP contribution in [-0.2, 0) is 0 Å². The van der Waals surface area contributed by atoms with Gasteiger partial charge in [0.05, 0.1) is 17.7 Å².